The lowest BCUT2D eigenvalue weighted by atomic mass is 10.2. The van der Waals surface area contributed by atoms with Gasteiger partial charge in [-0.3, -0.25) is 4.90 Å². The first-order valence-electron chi connectivity index (χ1n) is 7.55. The van der Waals surface area contributed by atoms with Crippen molar-refractivity contribution in [1.29, 1.82) is 0 Å². The van der Waals surface area contributed by atoms with E-state index >= 15 is 0 Å². The van der Waals surface area contributed by atoms with Gasteiger partial charge in [-0.15, -0.1) is 0 Å². The summed E-state index contributed by atoms with van der Waals surface area (Å²) in [6.07, 6.45) is 1.17. The van der Waals surface area contributed by atoms with Gasteiger partial charge in [0.25, 0.3) is 0 Å². The van der Waals surface area contributed by atoms with E-state index in [2.05, 4.69) is 51.3 Å². The highest BCUT2D eigenvalue weighted by molar-refractivity contribution is 5.53. The van der Waals surface area contributed by atoms with Crippen molar-refractivity contribution in [3.63, 3.8) is 0 Å². The van der Waals surface area contributed by atoms with E-state index in [0.29, 0.717) is 0 Å². The molecule has 1 aliphatic heterocycles. The average molecular weight is 286 g/mol. The summed E-state index contributed by atoms with van der Waals surface area (Å²) in [4.78, 5) is 4.92. The Kier molecular flexibility index (Phi) is 4.20. The monoisotopic (exact) mass is 286 g/mol. The molecule has 0 saturated carbocycles. The molecule has 1 aliphatic rings. The van der Waals surface area contributed by atoms with Gasteiger partial charge in [-0.1, -0.05) is 28.5 Å². The number of rotatable bonds is 3. The van der Waals surface area contributed by atoms with Crippen LogP contribution in [0.3, 0.4) is 0 Å². The number of aryl methyl sites for hydroxylation is 2. The van der Waals surface area contributed by atoms with Crippen LogP contribution in [0, 0.1) is 13.8 Å². The molecule has 1 fully saturated rings. The van der Waals surface area contributed by atoms with E-state index in [4.69, 9.17) is 4.63 Å². The molecule has 0 atom stereocenters. The predicted octanol–water partition coefficient (Wildman–Crippen LogP) is 2.40. The van der Waals surface area contributed by atoms with Crippen molar-refractivity contribution in [2.45, 2.75) is 26.8 Å². The number of anilines is 1. The van der Waals surface area contributed by atoms with Gasteiger partial charge in [-0.25, -0.2) is 4.63 Å². The molecule has 1 aromatic carbocycles. The second-order valence-corrected chi connectivity index (χ2v) is 5.70. The Balaban J connectivity index is 1.64. The van der Waals surface area contributed by atoms with Crippen LogP contribution in [-0.4, -0.2) is 41.4 Å². The summed E-state index contributed by atoms with van der Waals surface area (Å²) in [6.45, 7) is 9.25. The fraction of sp³-hybridized carbons (Fsp3) is 0.500. The number of aromatic nitrogens is 2. The predicted molar refractivity (Wildman–Crippen MR) is 82.3 cm³/mol. The minimum Gasteiger partial charge on any atom is -0.370 e. The van der Waals surface area contributed by atoms with Crippen LogP contribution in [0.2, 0.25) is 0 Å². The van der Waals surface area contributed by atoms with Crippen molar-refractivity contribution < 1.29 is 4.63 Å². The molecule has 2 aromatic rings. The first-order chi connectivity index (χ1) is 10.2. The summed E-state index contributed by atoms with van der Waals surface area (Å²) >= 11 is 0. The zero-order valence-electron chi connectivity index (χ0n) is 12.7. The highest BCUT2D eigenvalue weighted by Crippen LogP contribution is 2.21. The summed E-state index contributed by atoms with van der Waals surface area (Å²) in [7, 11) is 0. The normalized spacial score (nSPS) is 17.0. The largest absolute Gasteiger partial charge is 0.370 e. The Morgan fingerprint density at radius 1 is 1.05 bits per heavy atom. The Hall–Kier alpha value is -1.88. The number of benzene rings is 1. The lowest BCUT2D eigenvalue weighted by molar-refractivity contribution is 0.263. The molecule has 0 bridgehead atoms. The van der Waals surface area contributed by atoms with Gasteiger partial charge in [0, 0.05) is 38.4 Å². The Labute approximate surface area is 125 Å². The van der Waals surface area contributed by atoms with E-state index in [9.17, 15) is 0 Å². The minimum absolute atomic E-state index is 0.830. The number of nitrogens with zero attached hydrogens (tertiary/aromatic N) is 4. The SMILES string of the molecule is Cc1ccccc1N1CCCN(Cc2nonc2C)CC1. The zero-order chi connectivity index (χ0) is 14.7. The maximum Gasteiger partial charge on any atom is 0.122 e. The lowest BCUT2D eigenvalue weighted by Crippen LogP contribution is -2.31. The molecule has 3 rings (SSSR count). The third-order valence-corrected chi connectivity index (χ3v) is 4.16. The molecular formula is C16H22N4O. The van der Waals surface area contributed by atoms with E-state index < -0.39 is 0 Å². The van der Waals surface area contributed by atoms with Crippen LogP contribution in [0.25, 0.3) is 0 Å². The van der Waals surface area contributed by atoms with Gasteiger partial charge < -0.3 is 4.90 Å². The minimum atomic E-state index is 0.830. The van der Waals surface area contributed by atoms with Gasteiger partial charge in [0.05, 0.1) is 0 Å². The molecule has 2 heterocycles. The highest BCUT2D eigenvalue weighted by atomic mass is 16.6. The topological polar surface area (TPSA) is 45.4 Å². The molecule has 0 spiro atoms. The number of hydrogen-bond donors (Lipinski definition) is 0. The maximum absolute atomic E-state index is 4.79. The molecule has 0 amide bonds. The first-order valence-corrected chi connectivity index (χ1v) is 7.55. The van der Waals surface area contributed by atoms with Crippen LogP contribution in [-0.2, 0) is 6.54 Å². The van der Waals surface area contributed by atoms with E-state index in [-0.39, 0.29) is 0 Å². The summed E-state index contributed by atoms with van der Waals surface area (Å²) in [5.74, 6) is 0. The van der Waals surface area contributed by atoms with Crippen molar-refractivity contribution in [2.75, 3.05) is 31.1 Å². The van der Waals surface area contributed by atoms with Gasteiger partial charge in [-0.2, -0.15) is 0 Å². The Morgan fingerprint density at radius 3 is 2.67 bits per heavy atom. The molecule has 0 aliphatic carbocycles. The van der Waals surface area contributed by atoms with Crippen LogP contribution in [0.1, 0.15) is 23.4 Å². The maximum atomic E-state index is 4.79. The van der Waals surface area contributed by atoms with Crippen LogP contribution in [0.4, 0.5) is 5.69 Å². The zero-order valence-corrected chi connectivity index (χ0v) is 12.7. The van der Waals surface area contributed by atoms with Crippen molar-refractivity contribution in [2.24, 2.45) is 0 Å². The van der Waals surface area contributed by atoms with Gasteiger partial charge in [0.1, 0.15) is 11.4 Å². The van der Waals surface area contributed by atoms with Gasteiger partial charge >= 0.3 is 0 Å². The van der Waals surface area contributed by atoms with Crippen LogP contribution < -0.4 is 4.90 Å². The summed E-state index contributed by atoms with van der Waals surface area (Å²) in [5.41, 5.74) is 4.57. The number of hydrogen-bond acceptors (Lipinski definition) is 5. The van der Waals surface area contributed by atoms with Crippen molar-refractivity contribution in [1.82, 2.24) is 15.2 Å². The Morgan fingerprint density at radius 2 is 1.90 bits per heavy atom. The quantitative estimate of drug-likeness (QED) is 0.867. The fourth-order valence-corrected chi connectivity index (χ4v) is 2.89. The lowest BCUT2D eigenvalue weighted by Gasteiger charge is -2.25. The smallest absolute Gasteiger partial charge is 0.122 e. The fourth-order valence-electron chi connectivity index (χ4n) is 2.89. The second kappa shape index (κ2) is 6.26. The van der Waals surface area contributed by atoms with Crippen molar-refractivity contribution in [3.05, 3.63) is 41.2 Å². The molecule has 112 valence electrons. The third-order valence-electron chi connectivity index (χ3n) is 4.16. The Bertz CT molecular complexity index is 595. The van der Waals surface area contributed by atoms with Crippen LogP contribution in [0.5, 0.6) is 0 Å². The first kappa shape index (κ1) is 14.1. The van der Waals surface area contributed by atoms with E-state index in [1.165, 1.54) is 17.7 Å². The van der Waals surface area contributed by atoms with Crippen LogP contribution in [0.15, 0.2) is 28.9 Å². The molecule has 1 aromatic heterocycles. The molecule has 21 heavy (non-hydrogen) atoms. The molecule has 1 saturated heterocycles. The molecular weight excluding hydrogens is 264 g/mol. The van der Waals surface area contributed by atoms with Gasteiger partial charge in [-0.05, 0) is 31.9 Å². The highest BCUT2D eigenvalue weighted by Gasteiger charge is 2.18. The van der Waals surface area contributed by atoms with Crippen molar-refractivity contribution >= 4 is 5.69 Å². The molecule has 5 heteroatoms. The molecule has 0 radical (unpaired) electrons. The summed E-state index contributed by atoms with van der Waals surface area (Å²) in [6, 6.07) is 8.62. The molecule has 5 nitrogen and oxygen atoms in total. The van der Waals surface area contributed by atoms with Crippen LogP contribution >= 0.6 is 0 Å². The van der Waals surface area contributed by atoms with Crippen molar-refractivity contribution in [3.8, 4) is 0 Å². The van der Waals surface area contributed by atoms with E-state index in [0.717, 1.165) is 44.1 Å². The van der Waals surface area contributed by atoms with E-state index in [1.807, 2.05) is 6.92 Å². The molecule has 0 unspecified atom stereocenters. The summed E-state index contributed by atoms with van der Waals surface area (Å²) < 4.78 is 4.79. The average Bonchev–Trinajstić information content (AvgIpc) is 2.74. The van der Waals surface area contributed by atoms with Gasteiger partial charge in [0.15, 0.2) is 0 Å². The summed E-state index contributed by atoms with van der Waals surface area (Å²) in [5, 5.41) is 7.85. The third kappa shape index (κ3) is 3.24. The standard InChI is InChI=1S/C16H22N4O/c1-13-6-3-4-7-16(13)20-9-5-8-19(10-11-20)12-15-14(2)17-21-18-15/h3-4,6-7H,5,8-12H2,1-2H3. The second-order valence-electron chi connectivity index (χ2n) is 5.70. The molecule has 0 N–H and O–H groups in total. The van der Waals surface area contributed by atoms with Gasteiger partial charge in [0.2, 0.25) is 0 Å². The van der Waals surface area contributed by atoms with E-state index in [1.54, 1.807) is 0 Å². The number of para-hydroxylation sites is 1.